The molecule has 0 saturated carbocycles. The summed E-state index contributed by atoms with van der Waals surface area (Å²) in [5.41, 5.74) is 8.79. The smallest absolute Gasteiger partial charge is 0.184 e. The summed E-state index contributed by atoms with van der Waals surface area (Å²) in [5, 5.41) is 8.08. The van der Waals surface area contributed by atoms with Crippen molar-refractivity contribution >= 4 is 50.6 Å². The highest BCUT2D eigenvalue weighted by Crippen LogP contribution is 2.35. The van der Waals surface area contributed by atoms with Gasteiger partial charge >= 0.3 is 0 Å². The van der Waals surface area contributed by atoms with E-state index in [1.165, 1.54) is 48.2 Å². The van der Waals surface area contributed by atoms with Gasteiger partial charge in [0, 0.05) is 33.2 Å². The second kappa shape index (κ2) is 11.4. The van der Waals surface area contributed by atoms with Crippen molar-refractivity contribution in [2.75, 3.05) is 0 Å². The molecular weight excluding hydrogens is 623 g/mol. The minimum atomic E-state index is -2.85. The third-order valence-electron chi connectivity index (χ3n) is 10.3. The highest BCUT2D eigenvalue weighted by molar-refractivity contribution is 7.21. The molecule has 2 aromatic heterocycles. The van der Waals surface area contributed by atoms with Crippen molar-refractivity contribution in [3.63, 3.8) is 0 Å². The Balaban J connectivity index is 1.28. The van der Waals surface area contributed by atoms with Crippen LogP contribution >= 0.6 is 0 Å². The predicted octanol–water partition coefficient (Wildman–Crippen LogP) is 8.27. The number of nitrogens with zero attached hydrogens (tertiary/aromatic N) is 3. The maximum atomic E-state index is 5.23. The first-order chi connectivity index (χ1) is 24.8. The van der Waals surface area contributed by atoms with E-state index < -0.39 is 8.07 Å². The van der Waals surface area contributed by atoms with Crippen molar-refractivity contribution in [2.45, 2.75) is 0 Å². The first-order valence-corrected chi connectivity index (χ1v) is 19.1. The van der Waals surface area contributed by atoms with E-state index in [2.05, 4.69) is 168 Å². The second-order valence-corrected chi connectivity index (χ2v) is 16.7. The van der Waals surface area contributed by atoms with Gasteiger partial charge in [-0.15, -0.1) is 0 Å². The predicted molar refractivity (Wildman–Crippen MR) is 210 cm³/mol. The fourth-order valence-corrected chi connectivity index (χ4v) is 13.3. The van der Waals surface area contributed by atoms with Crippen molar-refractivity contribution in [2.24, 2.45) is 0 Å². The van der Waals surface area contributed by atoms with Crippen LogP contribution in [0.3, 0.4) is 0 Å². The Hall–Kier alpha value is -6.36. The molecule has 0 aliphatic carbocycles. The number of hydrogen-bond donors (Lipinski definition) is 0. The minimum absolute atomic E-state index is 0.722. The zero-order valence-corrected chi connectivity index (χ0v) is 28.2. The quantitative estimate of drug-likeness (QED) is 0.175. The molecule has 0 bridgehead atoms. The molecule has 50 heavy (non-hydrogen) atoms. The van der Waals surface area contributed by atoms with Crippen molar-refractivity contribution in [1.29, 1.82) is 0 Å². The Labute approximate surface area is 291 Å². The molecule has 1 aliphatic rings. The van der Waals surface area contributed by atoms with E-state index in [0.29, 0.717) is 0 Å². The van der Waals surface area contributed by atoms with Gasteiger partial charge in [0.25, 0.3) is 0 Å². The van der Waals surface area contributed by atoms with Gasteiger partial charge in [0.1, 0.15) is 0 Å². The number of hydrogen-bond acceptors (Lipinski definition) is 2. The van der Waals surface area contributed by atoms with Crippen LogP contribution in [0, 0.1) is 0 Å². The van der Waals surface area contributed by atoms with E-state index >= 15 is 0 Å². The number of benzene rings is 7. The molecule has 9 aromatic rings. The Morgan fingerprint density at radius 2 is 0.960 bits per heavy atom. The van der Waals surface area contributed by atoms with E-state index in [1.54, 1.807) is 0 Å². The normalized spacial score (nSPS) is 14.9. The second-order valence-electron chi connectivity index (χ2n) is 13.0. The Kier molecular flexibility index (Phi) is 6.51. The van der Waals surface area contributed by atoms with E-state index in [1.807, 2.05) is 24.3 Å². The SMILES string of the molecule is c1ccc(-c2cc(-c3cccc([Si]4(c5ccccc5)c5ccccc5-n5c6ccccc6c6cccc4c65)c3)nc(-c3ccccc3)n2)cc1. The van der Waals surface area contributed by atoms with Crippen LogP contribution in [0.4, 0.5) is 0 Å². The summed E-state index contributed by atoms with van der Waals surface area (Å²) in [4.78, 5) is 10.3. The average molecular weight is 654 g/mol. The summed E-state index contributed by atoms with van der Waals surface area (Å²) in [6.07, 6.45) is 0. The van der Waals surface area contributed by atoms with E-state index in [4.69, 9.17) is 9.97 Å². The number of para-hydroxylation sites is 3. The van der Waals surface area contributed by atoms with Crippen LogP contribution in [0.1, 0.15) is 0 Å². The maximum Gasteiger partial charge on any atom is 0.184 e. The molecule has 7 aromatic carbocycles. The lowest BCUT2D eigenvalue weighted by molar-refractivity contribution is 1.18. The van der Waals surface area contributed by atoms with E-state index in [9.17, 15) is 0 Å². The average Bonchev–Trinajstić information content (AvgIpc) is 3.55. The highest BCUT2D eigenvalue weighted by Gasteiger charge is 2.47. The van der Waals surface area contributed by atoms with Crippen LogP contribution < -0.4 is 20.7 Å². The molecule has 1 aliphatic heterocycles. The lowest BCUT2D eigenvalue weighted by atomic mass is 10.1. The van der Waals surface area contributed by atoms with Gasteiger partial charge in [-0.05, 0) is 38.9 Å². The van der Waals surface area contributed by atoms with Crippen LogP contribution in [0.5, 0.6) is 0 Å². The fraction of sp³-hybridized carbons (Fsp3) is 0. The summed E-state index contributed by atoms with van der Waals surface area (Å²) < 4.78 is 2.51. The molecule has 1 unspecified atom stereocenters. The standard InChI is InChI=1S/C46H31N3Si/c1-4-16-32(17-5-1)39-31-40(48-46(47-39)33-18-6-2-7-19-33)34-20-14-23-36(30-34)50(35-21-8-3-9-22-35)43-28-13-12-27-42(43)49-41-26-11-10-24-37(41)38-25-15-29-44(50)45(38)49/h1-31H. The van der Waals surface area contributed by atoms with Crippen molar-refractivity contribution in [3.05, 3.63) is 188 Å². The zero-order valence-electron chi connectivity index (χ0n) is 27.2. The molecule has 1 atom stereocenters. The number of rotatable bonds is 5. The van der Waals surface area contributed by atoms with E-state index in [-0.39, 0.29) is 0 Å². The van der Waals surface area contributed by atoms with Gasteiger partial charge in [0.15, 0.2) is 13.9 Å². The van der Waals surface area contributed by atoms with E-state index in [0.717, 1.165) is 33.9 Å². The molecular formula is C46H31N3Si. The first kappa shape index (κ1) is 28.6. The summed E-state index contributed by atoms with van der Waals surface area (Å²) in [5.74, 6) is 0.722. The molecule has 10 rings (SSSR count). The Bertz CT molecular complexity index is 2640. The lowest BCUT2D eigenvalue weighted by Crippen LogP contribution is -2.76. The Morgan fingerprint density at radius 1 is 0.400 bits per heavy atom. The molecule has 0 amide bonds. The van der Waals surface area contributed by atoms with Crippen molar-refractivity contribution < 1.29 is 0 Å². The lowest BCUT2D eigenvalue weighted by Gasteiger charge is -2.40. The summed E-state index contributed by atoms with van der Waals surface area (Å²) >= 11 is 0. The molecule has 3 nitrogen and oxygen atoms in total. The topological polar surface area (TPSA) is 30.7 Å². The van der Waals surface area contributed by atoms with Gasteiger partial charge in [-0.25, -0.2) is 9.97 Å². The number of aromatic nitrogens is 3. The maximum absolute atomic E-state index is 5.23. The molecule has 3 heterocycles. The molecule has 0 spiro atoms. The van der Waals surface area contributed by atoms with Crippen LogP contribution in [0.25, 0.3) is 61.4 Å². The minimum Gasteiger partial charge on any atom is -0.309 e. The molecule has 0 N–H and O–H groups in total. The van der Waals surface area contributed by atoms with Crippen molar-refractivity contribution in [1.82, 2.24) is 14.5 Å². The third-order valence-corrected chi connectivity index (χ3v) is 15.1. The molecule has 4 heteroatoms. The fourth-order valence-electron chi connectivity index (χ4n) is 8.16. The van der Waals surface area contributed by atoms with Crippen molar-refractivity contribution in [3.8, 4) is 39.6 Å². The summed E-state index contributed by atoms with van der Waals surface area (Å²) in [6.45, 7) is 0. The van der Waals surface area contributed by atoms with Gasteiger partial charge in [-0.2, -0.15) is 0 Å². The van der Waals surface area contributed by atoms with Crippen LogP contribution in [0.2, 0.25) is 0 Å². The van der Waals surface area contributed by atoms with Crippen LogP contribution in [-0.2, 0) is 0 Å². The van der Waals surface area contributed by atoms with Gasteiger partial charge in [0.05, 0.1) is 22.4 Å². The first-order valence-electron chi connectivity index (χ1n) is 17.1. The third kappa shape index (κ3) is 4.22. The molecule has 0 radical (unpaired) electrons. The molecule has 0 fully saturated rings. The number of fused-ring (bicyclic) bond motifs is 5. The van der Waals surface area contributed by atoms with Crippen LogP contribution in [0.15, 0.2) is 188 Å². The van der Waals surface area contributed by atoms with Gasteiger partial charge < -0.3 is 4.57 Å². The summed E-state index contributed by atoms with van der Waals surface area (Å²) in [7, 11) is -2.85. The molecule has 234 valence electrons. The molecule has 0 saturated heterocycles. The van der Waals surface area contributed by atoms with Gasteiger partial charge in [0.2, 0.25) is 0 Å². The zero-order chi connectivity index (χ0) is 33.1. The van der Waals surface area contributed by atoms with Gasteiger partial charge in [-0.1, -0.05) is 170 Å². The monoisotopic (exact) mass is 653 g/mol. The van der Waals surface area contributed by atoms with Crippen LogP contribution in [-0.4, -0.2) is 22.6 Å². The van der Waals surface area contributed by atoms with Gasteiger partial charge in [-0.3, -0.25) is 0 Å². The Morgan fingerprint density at radius 3 is 1.76 bits per heavy atom. The summed E-state index contributed by atoms with van der Waals surface area (Å²) in [6, 6.07) is 68.1. The highest BCUT2D eigenvalue weighted by atomic mass is 28.3. The largest absolute Gasteiger partial charge is 0.309 e.